The first-order valence-electron chi connectivity index (χ1n) is 8.85. The fraction of sp³-hybridized carbons (Fsp3) is 0.941. The maximum absolute atomic E-state index is 12.5. The number of amides is 1. The van der Waals surface area contributed by atoms with Gasteiger partial charge in [0.25, 0.3) is 0 Å². The van der Waals surface area contributed by atoms with E-state index in [2.05, 4.69) is 24.1 Å². The van der Waals surface area contributed by atoms with Crippen LogP contribution in [0.2, 0.25) is 0 Å². The highest BCUT2D eigenvalue weighted by Gasteiger charge is 2.40. The number of hydrogen-bond donors (Lipinski definition) is 2. The summed E-state index contributed by atoms with van der Waals surface area (Å²) in [4.78, 5) is 14.8. The third kappa shape index (κ3) is 4.75. The van der Waals surface area contributed by atoms with Crippen LogP contribution in [0.1, 0.15) is 58.8 Å². The van der Waals surface area contributed by atoms with E-state index in [0.29, 0.717) is 42.5 Å². The minimum absolute atomic E-state index is 0. The second-order valence-corrected chi connectivity index (χ2v) is 7.72. The number of halogens is 2. The lowest BCUT2D eigenvalue weighted by molar-refractivity contribution is -0.125. The second kappa shape index (κ2) is 8.89. The fourth-order valence-corrected chi connectivity index (χ4v) is 4.98. The highest BCUT2D eigenvalue weighted by atomic mass is 35.5. The molecular weight excluding hydrogens is 333 g/mol. The molecule has 1 saturated heterocycles. The van der Waals surface area contributed by atoms with Gasteiger partial charge in [-0.25, -0.2) is 0 Å². The first kappa shape index (κ1) is 21.0. The van der Waals surface area contributed by atoms with Crippen molar-refractivity contribution >= 4 is 30.7 Å². The molecule has 2 aliphatic carbocycles. The van der Waals surface area contributed by atoms with Gasteiger partial charge in [0.05, 0.1) is 6.54 Å². The molecule has 136 valence electrons. The van der Waals surface area contributed by atoms with Gasteiger partial charge < -0.3 is 11.1 Å². The Morgan fingerprint density at radius 1 is 1.04 bits per heavy atom. The number of fused-ring (bicyclic) bond motifs is 2. The van der Waals surface area contributed by atoms with Crippen molar-refractivity contribution in [1.82, 2.24) is 10.2 Å². The van der Waals surface area contributed by atoms with E-state index in [-0.39, 0.29) is 30.7 Å². The topological polar surface area (TPSA) is 58.4 Å². The van der Waals surface area contributed by atoms with Crippen molar-refractivity contribution in [3.63, 3.8) is 0 Å². The summed E-state index contributed by atoms with van der Waals surface area (Å²) < 4.78 is 0. The van der Waals surface area contributed by atoms with Crippen molar-refractivity contribution in [2.45, 2.75) is 83.0 Å². The fourth-order valence-electron chi connectivity index (χ4n) is 4.98. The monoisotopic (exact) mass is 365 g/mol. The van der Waals surface area contributed by atoms with E-state index in [0.717, 1.165) is 12.8 Å². The summed E-state index contributed by atoms with van der Waals surface area (Å²) in [7, 11) is 0. The number of hydrogen-bond acceptors (Lipinski definition) is 3. The van der Waals surface area contributed by atoms with Crippen molar-refractivity contribution in [1.29, 1.82) is 0 Å². The van der Waals surface area contributed by atoms with Crippen LogP contribution in [0, 0.1) is 11.8 Å². The summed E-state index contributed by atoms with van der Waals surface area (Å²) in [5.74, 6) is 1.46. The first-order chi connectivity index (χ1) is 10.0. The van der Waals surface area contributed by atoms with E-state index < -0.39 is 0 Å². The van der Waals surface area contributed by atoms with Crippen LogP contribution in [0.3, 0.4) is 0 Å². The van der Waals surface area contributed by atoms with Crippen molar-refractivity contribution < 1.29 is 4.79 Å². The third-order valence-corrected chi connectivity index (χ3v) is 6.16. The predicted molar refractivity (Wildman–Crippen MR) is 99.3 cm³/mol. The minimum Gasteiger partial charge on any atom is -0.352 e. The summed E-state index contributed by atoms with van der Waals surface area (Å²) in [5.41, 5.74) is 6.17. The third-order valence-electron chi connectivity index (χ3n) is 6.16. The summed E-state index contributed by atoms with van der Waals surface area (Å²) in [6.07, 6.45) is 8.43. The van der Waals surface area contributed by atoms with Gasteiger partial charge in [0, 0.05) is 24.2 Å². The smallest absolute Gasteiger partial charge is 0.234 e. The normalized spacial score (nSPS) is 40.0. The van der Waals surface area contributed by atoms with Gasteiger partial charge in [-0.2, -0.15) is 0 Å². The Morgan fingerprint density at radius 2 is 1.57 bits per heavy atom. The van der Waals surface area contributed by atoms with Gasteiger partial charge in [-0.3, -0.25) is 9.69 Å². The lowest BCUT2D eigenvalue weighted by Crippen LogP contribution is -2.55. The highest BCUT2D eigenvalue weighted by Crippen LogP contribution is 2.39. The average molecular weight is 366 g/mol. The van der Waals surface area contributed by atoms with Gasteiger partial charge in [0.1, 0.15) is 0 Å². The maximum Gasteiger partial charge on any atom is 0.234 e. The molecule has 0 aromatic heterocycles. The molecule has 2 bridgehead atoms. The molecule has 0 aromatic rings. The summed E-state index contributed by atoms with van der Waals surface area (Å²) in [6, 6.07) is 1.83. The molecule has 4 nitrogen and oxygen atoms in total. The lowest BCUT2D eigenvalue weighted by Gasteiger charge is -2.45. The Kier molecular flexibility index (Phi) is 8.12. The summed E-state index contributed by atoms with van der Waals surface area (Å²) in [5, 5.41) is 3.37. The molecule has 4 atom stereocenters. The molecule has 3 rings (SSSR count). The van der Waals surface area contributed by atoms with Crippen molar-refractivity contribution in [3.05, 3.63) is 0 Å². The van der Waals surface area contributed by atoms with E-state index in [4.69, 9.17) is 5.73 Å². The molecule has 1 aliphatic heterocycles. The van der Waals surface area contributed by atoms with E-state index in [9.17, 15) is 4.79 Å². The van der Waals surface area contributed by atoms with Crippen LogP contribution in [0.25, 0.3) is 0 Å². The number of rotatable bonds is 3. The van der Waals surface area contributed by atoms with E-state index in [1.54, 1.807) is 0 Å². The van der Waals surface area contributed by atoms with Crippen LogP contribution in [0.15, 0.2) is 0 Å². The van der Waals surface area contributed by atoms with Gasteiger partial charge >= 0.3 is 0 Å². The van der Waals surface area contributed by atoms with Crippen LogP contribution in [-0.4, -0.2) is 41.5 Å². The molecule has 6 heteroatoms. The minimum atomic E-state index is 0. The van der Waals surface area contributed by atoms with Crippen LogP contribution >= 0.6 is 24.8 Å². The number of carbonyl (C=O) groups is 1. The van der Waals surface area contributed by atoms with E-state index in [1.807, 2.05) is 0 Å². The van der Waals surface area contributed by atoms with Crippen molar-refractivity contribution in [2.75, 3.05) is 6.54 Å². The van der Waals surface area contributed by atoms with E-state index >= 15 is 0 Å². The van der Waals surface area contributed by atoms with Crippen molar-refractivity contribution in [3.8, 4) is 0 Å². The van der Waals surface area contributed by atoms with Gasteiger partial charge in [-0.1, -0.05) is 6.42 Å². The highest BCUT2D eigenvalue weighted by molar-refractivity contribution is 5.85. The van der Waals surface area contributed by atoms with Gasteiger partial charge in [0.15, 0.2) is 0 Å². The van der Waals surface area contributed by atoms with Gasteiger partial charge in [0.2, 0.25) is 5.91 Å². The molecule has 2 saturated carbocycles. The molecule has 4 unspecified atom stereocenters. The van der Waals surface area contributed by atoms with Gasteiger partial charge in [-0.05, 0) is 64.2 Å². The average Bonchev–Trinajstić information content (AvgIpc) is 2.72. The lowest BCUT2D eigenvalue weighted by atomic mass is 9.67. The largest absolute Gasteiger partial charge is 0.352 e. The number of carbonyl (C=O) groups excluding carboxylic acids is 1. The van der Waals surface area contributed by atoms with Crippen LogP contribution < -0.4 is 11.1 Å². The molecule has 1 heterocycles. The summed E-state index contributed by atoms with van der Waals surface area (Å²) >= 11 is 0. The number of nitrogens with one attached hydrogen (secondary N) is 1. The van der Waals surface area contributed by atoms with Crippen LogP contribution in [0.4, 0.5) is 0 Å². The van der Waals surface area contributed by atoms with Crippen LogP contribution in [-0.2, 0) is 4.79 Å². The molecular formula is C17H33Cl2N3O. The Hall–Kier alpha value is -0.0300. The molecule has 3 N–H and O–H groups in total. The SMILES string of the molecule is CC1CCC(C)N1CC(=O)NC1C2CCCC1CC(N)C2.Cl.Cl. The number of nitrogens with zero attached hydrogens (tertiary/aromatic N) is 1. The second-order valence-electron chi connectivity index (χ2n) is 7.72. The molecule has 0 radical (unpaired) electrons. The Bertz CT molecular complexity index is 372. The number of likely N-dealkylation sites (tertiary alicyclic amines) is 1. The molecule has 3 fully saturated rings. The molecule has 0 spiro atoms. The van der Waals surface area contributed by atoms with E-state index in [1.165, 1.54) is 32.1 Å². The standard InChI is InChI=1S/C17H31N3O.2ClH/c1-11-6-7-12(2)20(11)10-16(21)19-17-13-4-3-5-14(17)9-15(18)8-13;;/h11-15,17H,3-10,18H2,1-2H3,(H,19,21);2*1H. The maximum atomic E-state index is 12.5. The Labute approximate surface area is 153 Å². The Balaban J connectivity index is 0.00000132. The predicted octanol–water partition coefficient (Wildman–Crippen LogP) is 2.73. The van der Waals surface area contributed by atoms with Crippen LogP contribution in [0.5, 0.6) is 0 Å². The summed E-state index contributed by atoms with van der Waals surface area (Å²) in [6.45, 7) is 5.06. The quantitative estimate of drug-likeness (QED) is 0.808. The Morgan fingerprint density at radius 3 is 2.09 bits per heavy atom. The number of nitrogens with two attached hydrogens (primary N) is 1. The molecule has 0 aromatic carbocycles. The molecule has 23 heavy (non-hydrogen) atoms. The molecule has 3 aliphatic rings. The molecule has 1 amide bonds. The van der Waals surface area contributed by atoms with Gasteiger partial charge in [-0.15, -0.1) is 24.8 Å². The zero-order valence-electron chi connectivity index (χ0n) is 14.4. The zero-order chi connectivity index (χ0) is 15.0. The van der Waals surface area contributed by atoms with Crippen molar-refractivity contribution in [2.24, 2.45) is 17.6 Å². The zero-order valence-corrected chi connectivity index (χ0v) is 16.0. The first-order valence-corrected chi connectivity index (χ1v) is 8.85.